The largest absolute Gasteiger partial charge is 0.469 e. The lowest BCUT2D eigenvalue weighted by Crippen LogP contribution is -2.47. The van der Waals surface area contributed by atoms with Gasteiger partial charge in [-0.3, -0.25) is 9.59 Å². The fourth-order valence-electron chi connectivity index (χ4n) is 6.40. The van der Waals surface area contributed by atoms with E-state index in [0.29, 0.717) is 24.7 Å². The van der Waals surface area contributed by atoms with Gasteiger partial charge in [-0.1, -0.05) is 78.0 Å². The predicted molar refractivity (Wildman–Crippen MR) is 149 cm³/mol. The number of nitrogens with one attached hydrogen (secondary N) is 1. The van der Waals surface area contributed by atoms with Gasteiger partial charge in [0, 0.05) is 18.0 Å². The van der Waals surface area contributed by atoms with Gasteiger partial charge in [0.15, 0.2) is 0 Å². The van der Waals surface area contributed by atoms with E-state index in [-0.39, 0.29) is 29.3 Å². The Hall–Kier alpha value is -2.36. The second-order valence-electron chi connectivity index (χ2n) is 13.5. The Bertz CT molecular complexity index is 1100. The molecule has 5 rings (SSSR count). The number of ether oxygens (including phenoxy) is 1. The fourth-order valence-corrected chi connectivity index (χ4v) is 6.40. The van der Waals surface area contributed by atoms with E-state index >= 15 is 0 Å². The van der Waals surface area contributed by atoms with Gasteiger partial charge in [0.2, 0.25) is 5.91 Å². The zero-order chi connectivity index (χ0) is 26.4. The molecule has 1 aromatic rings. The summed E-state index contributed by atoms with van der Waals surface area (Å²) in [4.78, 5) is 25.1. The van der Waals surface area contributed by atoms with Crippen LogP contribution in [0.25, 0.3) is 5.57 Å². The van der Waals surface area contributed by atoms with Crippen molar-refractivity contribution in [2.45, 2.75) is 115 Å². The highest BCUT2D eigenvalue weighted by molar-refractivity contribution is 5.99. The quantitative estimate of drug-likeness (QED) is 0.402. The third-order valence-corrected chi connectivity index (χ3v) is 9.48. The topological polar surface area (TPSA) is 55.4 Å². The number of allylic oxidation sites excluding steroid dienone is 3. The summed E-state index contributed by atoms with van der Waals surface area (Å²) in [5.74, 6) is 0.510. The molecule has 200 valence electrons. The van der Waals surface area contributed by atoms with E-state index in [4.69, 9.17) is 4.74 Å². The molecular weight excluding hydrogens is 458 g/mol. The predicted octanol–water partition coefficient (Wildman–Crippen LogP) is 7.16. The van der Waals surface area contributed by atoms with Crippen molar-refractivity contribution in [2.75, 3.05) is 7.11 Å². The molecule has 1 N–H and O–H groups in total. The number of carbonyl (C=O) groups excluding carboxylic acids is 2. The average Bonchev–Trinajstić information content (AvgIpc) is 3.47. The minimum absolute atomic E-state index is 0.0332. The van der Waals surface area contributed by atoms with Gasteiger partial charge in [0.1, 0.15) is 0 Å². The molecule has 1 aromatic carbocycles. The molecule has 0 bridgehead atoms. The summed E-state index contributed by atoms with van der Waals surface area (Å²) in [5, 5.41) is 3.20. The Balaban J connectivity index is 1.40. The molecule has 0 heterocycles. The first-order valence-electron chi connectivity index (χ1n) is 14.5. The van der Waals surface area contributed by atoms with Crippen LogP contribution in [0.4, 0.5) is 0 Å². The number of carbonyl (C=O) groups is 2. The molecule has 4 nitrogen and oxygen atoms in total. The first kappa shape index (κ1) is 26.3. The molecule has 1 amide bonds. The van der Waals surface area contributed by atoms with Crippen molar-refractivity contribution < 1.29 is 14.3 Å². The second-order valence-corrected chi connectivity index (χ2v) is 13.5. The number of hydrogen-bond acceptors (Lipinski definition) is 3. The van der Waals surface area contributed by atoms with Crippen molar-refractivity contribution in [1.29, 1.82) is 0 Å². The Morgan fingerprint density at radius 1 is 1.05 bits per heavy atom. The van der Waals surface area contributed by atoms with E-state index in [1.54, 1.807) is 0 Å². The molecule has 37 heavy (non-hydrogen) atoms. The summed E-state index contributed by atoms with van der Waals surface area (Å²) < 4.78 is 4.86. The van der Waals surface area contributed by atoms with Crippen LogP contribution < -0.4 is 5.32 Å². The number of amides is 1. The lowest BCUT2D eigenvalue weighted by Gasteiger charge is -2.33. The zero-order valence-electron chi connectivity index (χ0n) is 23.5. The van der Waals surface area contributed by atoms with Crippen molar-refractivity contribution in [1.82, 2.24) is 5.32 Å². The van der Waals surface area contributed by atoms with Crippen molar-refractivity contribution in [2.24, 2.45) is 11.8 Å². The van der Waals surface area contributed by atoms with Crippen LogP contribution >= 0.6 is 0 Å². The molecular formula is C33H45NO3. The molecule has 0 aromatic heterocycles. The van der Waals surface area contributed by atoms with Gasteiger partial charge < -0.3 is 10.1 Å². The number of benzene rings is 1. The van der Waals surface area contributed by atoms with Gasteiger partial charge in [0.25, 0.3) is 0 Å². The van der Waals surface area contributed by atoms with E-state index in [1.165, 1.54) is 79.9 Å². The summed E-state index contributed by atoms with van der Waals surface area (Å²) in [6.45, 7) is 9.29. The number of rotatable bonds is 7. The number of methoxy groups -OCH3 is 1. The summed E-state index contributed by atoms with van der Waals surface area (Å²) in [6.07, 6.45) is 14.5. The molecule has 4 aliphatic carbocycles. The van der Waals surface area contributed by atoms with Gasteiger partial charge in [-0.15, -0.1) is 0 Å². The van der Waals surface area contributed by atoms with E-state index in [1.807, 2.05) is 0 Å². The summed E-state index contributed by atoms with van der Waals surface area (Å²) in [5.41, 5.74) is 8.14. The van der Waals surface area contributed by atoms with Gasteiger partial charge in [0.05, 0.1) is 13.0 Å². The van der Waals surface area contributed by atoms with E-state index in [2.05, 4.69) is 57.3 Å². The molecule has 3 saturated carbocycles. The smallest absolute Gasteiger partial charge is 0.308 e. The van der Waals surface area contributed by atoms with Gasteiger partial charge in [-0.25, -0.2) is 0 Å². The monoisotopic (exact) mass is 503 g/mol. The zero-order valence-corrected chi connectivity index (χ0v) is 23.5. The van der Waals surface area contributed by atoms with Crippen LogP contribution in [-0.2, 0) is 25.2 Å². The van der Waals surface area contributed by atoms with E-state index < -0.39 is 0 Å². The van der Waals surface area contributed by atoms with Crippen LogP contribution in [0.5, 0.6) is 0 Å². The second kappa shape index (κ2) is 10.1. The minimum Gasteiger partial charge on any atom is -0.469 e. The third-order valence-electron chi connectivity index (χ3n) is 9.48. The first-order chi connectivity index (χ1) is 17.6. The highest BCUT2D eigenvalue weighted by Gasteiger charge is 2.40. The maximum Gasteiger partial charge on any atom is 0.308 e. The SMILES string of the molecule is COC(=O)C1CC(NC(=O)C2=CC(CC3CCCCC3)=C(c3cc(C(C)(C)C)cc(C4(C)CC4)c3)C2)C1. The van der Waals surface area contributed by atoms with Crippen LogP contribution in [0.1, 0.15) is 115 Å². The Morgan fingerprint density at radius 3 is 2.38 bits per heavy atom. The molecule has 0 unspecified atom stereocenters. The Morgan fingerprint density at radius 2 is 1.76 bits per heavy atom. The van der Waals surface area contributed by atoms with Crippen LogP contribution in [-0.4, -0.2) is 25.0 Å². The Labute approximate surface area is 223 Å². The lowest BCUT2D eigenvalue weighted by atomic mass is 9.80. The van der Waals surface area contributed by atoms with Crippen LogP contribution in [0.2, 0.25) is 0 Å². The summed E-state index contributed by atoms with van der Waals surface area (Å²) in [6, 6.07) is 7.32. The average molecular weight is 504 g/mol. The van der Waals surface area contributed by atoms with Gasteiger partial charge in [-0.2, -0.15) is 0 Å². The van der Waals surface area contributed by atoms with Crippen molar-refractivity contribution in [3.05, 3.63) is 52.1 Å². The summed E-state index contributed by atoms with van der Waals surface area (Å²) >= 11 is 0. The molecule has 4 heteroatoms. The maximum atomic E-state index is 13.3. The maximum absolute atomic E-state index is 13.3. The highest BCUT2D eigenvalue weighted by atomic mass is 16.5. The first-order valence-corrected chi connectivity index (χ1v) is 14.5. The van der Waals surface area contributed by atoms with Crippen LogP contribution in [0, 0.1) is 11.8 Å². The van der Waals surface area contributed by atoms with Gasteiger partial charge in [-0.05, 0) is 82.8 Å². The molecule has 0 aliphatic heterocycles. The minimum atomic E-state index is -0.164. The molecule has 0 radical (unpaired) electrons. The number of hydrogen-bond donors (Lipinski definition) is 1. The van der Waals surface area contributed by atoms with E-state index in [0.717, 1.165) is 17.9 Å². The van der Waals surface area contributed by atoms with E-state index in [9.17, 15) is 9.59 Å². The van der Waals surface area contributed by atoms with Crippen molar-refractivity contribution in [3.8, 4) is 0 Å². The van der Waals surface area contributed by atoms with Crippen molar-refractivity contribution >= 4 is 17.4 Å². The van der Waals surface area contributed by atoms with Crippen molar-refractivity contribution in [3.63, 3.8) is 0 Å². The molecule has 3 fully saturated rings. The lowest BCUT2D eigenvalue weighted by molar-refractivity contribution is -0.149. The van der Waals surface area contributed by atoms with Crippen LogP contribution in [0.15, 0.2) is 35.4 Å². The highest BCUT2D eigenvalue weighted by Crippen LogP contribution is 2.50. The molecule has 4 aliphatic rings. The fraction of sp³-hybridized carbons (Fsp3) is 0.636. The Kier molecular flexibility index (Phi) is 7.15. The number of esters is 1. The van der Waals surface area contributed by atoms with Crippen LogP contribution in [0.3, 0.4) is 0 Å². The molecule has 0 spiro atoms. The standard InChI is InChI=1S/C33H45NO3/c1-32(2,3)26-15-23(16-27(20-26)33(4)11-12-33)29-19-24(14-22(29)13-21-9-7-6-8-10-21)30(35)34-28-17-25(18-28)31(36)37-5/h14-16,20-21,25,28H,6-13,17-19H2,1-5H3,(H,34,35). The molecule has 0 saturated heterocycles. The van der Waals surface area contributed by atoms with Gasteiger partial charge >= 0.3 is 5.97 Å². The third kappa shape index (κ3) is 5.73. The summed E-state index contributed by atoms with van der Waals surface area (Å²) in [7, 11) is 1.43. The molecule has 0 atom stereocenters. The normalized spacial score (nSPS) is 25.4.